The highest BCUT2D eigenvalue weighted by Crippen LogP contribution is 2.33. The molecule has 1 aromatic rings. The third kappa shape index (κ3) is 2.03. The van der Waals surface area contributed by atoms with Crippen molar-refractivity contribution in [2.24, 2.45) is 0 Å². The molecule has 0 saturated carbocycles. The number of halogens is 2. The van der Waals surface area contributed by atoms with Crippen molar-refractivity contribution in [3.8, 4) is 0 Å². The fraction of sp³-hybridized carbons (Fsp3) is 0.364. The second kappa shape index (κ2) is 4.62. The number of carbonyl (C=O) groups is 1. The molecule has 0 aliphatic carbocycles. The lowest BCUT2D eigenvalue weighted by Crippen LogP contribution is -2.36. The summed E-state index contributed by atoms with van der Waals surface area (Å²) in [4.78, 5) is 11.6. The Labute approximate surface area is 104 Å². The number of ether oxygens (including phenoxy) is 1. The van der Waals surface area contributed by atoms with E-state index in [0.29, 0.717) is 16.6 Å². The van der Waals surface area contributed by atoms with Gasteiger partial charge < -0.3 is 10.1 Å². The highest BCUT2D eigenvalue weighted by atomic mass is 35.5. The molecule has 0 saturated heterocycles. The van der Waals surface area contributed by atoms with E-state index in [1.165, 1.54) is 7.11 Å². The van der Waals surface area contributed by atoms with Crippen LogP contribution in [0.25, 0.3) is 0 Å². The van der Waals surface area contributed by atoms with Crippen molar-refractivity contribution in [1.82, 2.24) is 5.32 Å². The van der Waals surface area contributed by atoms with Crippen LogP contribution in [0.1, 0.15) is 17.2 Å². The molecule has 0 radical (unpaired) electrons. The molecule has 3 nitrogen and oxygen atoms in total. The molecule has 0 spiro atoms. The lowest BCUT2D eigenvalue weighted by molar-refractivity contribution is -0.143. The molecule has 0 amide bonds. The number of hydrogen-bond acceptors (Lipinski definition) is 3. The number of fused-ring (bicyclic) bond motifs is 1. The van der Waals surface area contributed by atoms with Gasteiger partial charge >= 0.3 is 5.97 Å². The first-order valence-corrected chi connectivity index (χ1v) is 5.68. The number of esters is 1. The largest absolute Gasteiger partial charge is 0.468 e. The average Bonchev–Trinajstić information content (AvgIpc) is 2.26. The summed E-state index contributed by atoms with van der Waals surface area (Å²) in [5.74, 6) is -0.329. The Bertz CT molecular complexity index is 434. The van der Waals surface area contributed by atoms with Crippen LogP contribution in [-0.4, -0.2) is 19.6 Å². The zero-order valence-corrected chi connectivity index (χ0v) is 10.2. The molecule has 0 fully saturated rings. The van der Waals surface area contributed by atoms with Crippen molar-refractivity contribution in [2.45, 2.75) is 12.5 Å². The van der Waals surface area contributed by atoms with Crippen LogP contribution >= 0.6 is 23.2 Å². The van der Waals surface area contributed by atoms with Crippen molar-refractivity contribution in [3.05, 3.63) is 33.3 Å². The monoisotopic (exact) mass is 259 g/mol. The van der Waals surface area contributed by atoms with Gasteiger partial charge in [-0.05, 0) is 24.1 Å². The maximum Gasteiger partial charge on any atom is 0.327 e. The number of methoxy groups -OCH3 is 1. The maximum atomic E-state index is 11.6. The van der Waals surface area contributed by atoms with Crippen LogP contribution in [0, 0.1) is 0 Å². The van der Waals surface area contributed by atoms with Crippen LogP contribution in [0.4, 0.5) is 0 Å². The lowest BCUT2D eigenvalue weighted by atomic mass is 9.94. The number of nitrogens with one attached hydrogen (secondary N) is 1. The van der Waals surface area contributed by atoms with Gasteiger partial charge in [0.2, 0.25) is 0 Å². The van der Waals surface area contributed by atoms with Gasteiger partial charge in [-0.2, -0.15) is 0 Å². The second-order valence-electron chi connectivity index (χ2n) is 3.62. The van der Waals surface area contributed by atoms with E-state index in [1.807, 2.05) is 6.07 Å². The minimum Gasteiger partial charge on any atom is -0.468 e. The van der Waals surface area contributed by atoms with Gasteiger partial charge in [-0.1, -0.05) is 23.2 Å². The average molecular weight is 260 g/mol. The number of rotatable bonds is 1. The quantitative estimate of drug-likeness (QED) is 0.788. The molecule has 1 atom stereocenters. The lowest BCUT2D eigenvalue weighted by Gasteiger charge is -2.26. The Morgan fingerprint density at radius 2 is 2.25 bits per heavy atom. The van der Waals surface area contributed by atoms with Crippen LogP contribution in [0.15, 0.2) is 12.1 Å². The van der Waals surface area contributed by atoms with E-state index in [9.17, 15) is 4.79 Å². The number of benzene rings is 1. The van der Waals surface area contributed by atoms with Crippen LogP contribution in [-0.2, 0) is 16.0 Å². The molecule has 1 aliphatic rings. The van der Waals surface area contributed by atoms with E-state index in [2.05, 4.69) is 5.32 Å². The Balaban J connectivity index is 2.49. The van der Waals surface area contributed by atoms with Crippen molar-refractivity contribution < 1.29 is 9.53 Å². The van der Waals surface area contributed by atoms with Crippen molar-refractivity contribution in [3.63, 3.8) is 0 Å². The van der Waals surface area contributed by atoms with E-state index < -0.39 is 6.04 Å². The first kappa shape index (κ1) is 11.7. The summed E-state index contributed by atoms with van der Waals surface area (Å²) in [5.41, 5.74) is 1.79. The molecular weight excluding hydrogens is 249 g/mol. The highest BCUT2D eigenvalue weighted by Gasteiger charge is 2.29. The third-order valence-electron chi connectivity index (χ3n) is 2.65. The first-order chi connectivity index (χ1) is 7.63. The fourth-order valence-corrected chi connectivity index (χ4v) is 2.59. The Hall–Kier alpha value is -0.770. The van der Waals surface area contributed by atoms with Gasteiger partial charge in [-0.15, -0.1) is 0 Å². The predicted octanol–water partition coefficient (Wildman–Crippen LogP) is 2.35. The van der Waals surface area contributed by atoms with Crippen LogP contribution in [0.2, 0.25) is 10.0 Å². The summed E-state index contributed by atoms with van der Waals surface area (Å²) in [6.07, 6.45) is 0.809. The highest BCUT2D eigenvalue weighted by molar-refractivity contribution is 6.35. The Kier molecular flexibility index (Phi) is 3.38. The predicted molar refractivity (Wildman–Crippen MR) is 62.9 cm³/mol. The zero-order valence-electron chi connectivity index (χ0n) is 8.72. The Morgan fingerprint density at radius 1 is 1.50 bits per heavy atom. The molecule has 86 valence electrons. The van der Waals surface area contributed by atoms with E-state index in [-0.39, 0.29) is 5.97 Å². The number of carbonyl (C=O) groups excluding carboxylic acids is 1. The van der Waals surface area contributed by atoms with Gasteiger partial charge in [0, 0.05) is 22.2 Å². The summed E-state index contributed by atoms with van der Waals surface area (Å²) in [7, 11) is 1.36. The SMILES string of the molecule is COC(=O)C1NCCc2cc(Cl)cc(Cl)c21. The van der Waals surface area contributed by atoms with Crippen LogP contribution < -0.4 is 5.32 Å². The molecule has 1 aromatic carbocycles. The summed E-state index contributed by atoms with van der Waals surface area (Å²) in [6, 6.07) is 3.00. The van der Waals surface area contributed by atoms with Crippen LogP contribution in [0.5, 0.6) is 0 Å². The standard InChI is InChI=1S/C11H11Cl2NO2/c1-16-11(15)10-9-6(2-3-14-10)4-7(12)5-8(9)13/h4-5,10,14H,2-3H2,1H3. The van der Waals surface area contributed by atoms with Gasteiger partial charge in [0.1, 0.15) is 6.04 Å². The molecule has 5 heteroatoms. The molecule has 16 heavy (non-hydrogen) atoms. The summed E-state index contributed by atoms with van der Waals surface area (Å²) < 4.78 is 4.74. The van der Waals surface area contributed by atoms with Gasteiger partial charge in [0.15, 0.2) is 0 Å². The van der Waals surface area contributed by atoms with Crippen molar-refractivity contribution >= 4 is 29.2 Å². The van der Waals surface area contributed by atoms with Gasteiger partial charge in [0.05, 0.1) is 7.11 Å². The molecule has 1 N–H and O–H groups in total. The van der Waals surface area contributed by atoms with Crippen molar-refractivity contribution in [2.75, 3.05) is 13.7 Å². The summed E-state index contributed by atoms with van der Waals surface area (Å²) in [6.45, 7) is 0.712. The second-order valence-corrected chi connectivity index (χ2v) is 4.46. The molecular formula is C11H11Cl2NO2. The normalized spacial score (nSPS) is 19.1. The fourth-order valence-electron chi connectivity index (χ4n) is 1.94. The number of hydrogen-bond donors (Lipinski definition) is 1. The minimum atomic E-state index is -0.487. The topological polar surface area (TPSA) is 38.3 Å². The molecule has 0 aromatic heterocycles. The van der Waals surface area contributed by atoms with Crippen molar-refractivity contribution in [1.29, 1.82) is 0 Å². The maximum absolute atomic E-state index is 11.6. The van der Waals surface area contributed by atoms with E-state index in [0.717, 1.165) is 17.5 Å². The molecule has 1 unspecified atom stereocenters. The van der Waals surface area contributed by atoms with E-state index in [4.69, 9.17) is 27.9 Å². The minimum absolute atomic E-state index is 0.329. The summed E-state index contributed by atoms with van der Waals surface area (Å²) >= 11 is 12.0. The molecule has 0 bridgehead atoms. The van der Waals surface area contributed by atoms with Gasteiger partial charge in [-0.25, -0.2) is 4.79 Å². The van der Waals surface area contributed by atoms with Crippen LogP contribution in [0.3, 0.4) is 0 Å². The smallest absolute Gasteiger partial charge is 0.327 e. The van der Waals surface area contributed by atoms with E-state index in [1.54, 1.807) is 6.07 Å². The first-order valence-electron chi connectivity index (χ1n) is 4.92. The summed E-state index contributed by atoms with van der Waals surface area (Å²) in [5, 5.41) is 4.18. The van der Waals surface area contributed by atoms with Gasteiger partial charge in [0.25, 0.3) is 0 Å². The van der Waals surface area contributed by atoms with Gasteiger partial charge in [-0.3, -0.25) is 0 Å². The molecule has 2 rings (SSSR count). The molecule has 1 heterocycles. The zero-order chi connectivity index (χ0) is 11.7. The third-order valence-corrected chi connectivity index (χ3v) is 3.18. The Morgan fingerprint density at radius 3 is 2.94 bits per heavy atom. The van der Waals surface area contributed by atoms with E-state index >= 15 is 0 Å². The molecule has 1 aliphatic heterocycles.